The van der Waals surface area contributed by atoms with E-state index in [1.165, 1.54) is 7.11 Å². The Morgan fingerprint density at radius 1 is 1.08 bits per heavy atom. The fourth-order valence-corrected chi connectivity index (χ4v) is 2.70. The number of nitrogens with zero attached hydrogens (tertiary/aromatic N) is 1. The van der Waals surface area contributed by atoms with Gasteiger partial charge in [-0.2, -0.15) is 5.10 Å². The second kappa shape index (κ2) is 7.60. The highest BCUT2D eigenvalue weighted by molar-refractivity contribution is 6.05. The fourth-order valence-electron chi connectivity index (χ4n) is 2.70. The fraction of sp³-hybridized carbons (Fsp3) is 0.158. The SMILES string of the molecule is COC(=O)[C@@H](Cc1ccccc1)NC(=O)c1n[nH]c(=O)c2ccccc12. The van der Waals surface area contributed by atoms with E-state index in [9.17, 15) is 14.4 Å². The van der Waals surface area contributed by atoms with Crippen molar-refractivity contribution < 1.29 is 14.3 Å². The summed E-state index contributed by atoms with van der Waals surface area (Å²) in [6, 6.07) is 15.1. The van der Waals surface area contributed by atoms with Crippen LogP contribution >= 0.6 is 0 Å². The monoisotopic (exact) mass is 351 g/mol. The Balaban J connectivity index is 1.90. The largest absolute Gasteiger partial charge is 0.467 e. The molecule has 0 aliphatic rings. The van der Waals surface area contributed by atoms with Crippen molar-refractivity contribution in [3.63, 3.8) is 0 Å². The summed E-state index contributed by atoms with van der Waals surface area (Å²) in [6.45, 7) is 0. The van der Waals surface area contributed by atoms with Gasteiger partial charge in [0.2, 0.25) is 0 Å². The van der Waals surface area contributed by atoms with E-state index in [0.29, 0.717) is 10.8 Å². The molecule has 0 aliphatic heterocycles. The number of methoxy groups -OCH3 is 1. The lowest BCUT2D eigenvalue weighted by Crippen LogP contribution is -2.43. The highest BCUT2D eigenvalue weighted by atomic mass is 16.5. The second-order valence-corrected chi connectivity index (χ2v) is 5.69. The van der Waals surface area contributed by atoms with Gasteiger partial charge in [0.25, 0.3) is 11.5 Å². The van der Waals surface area contributed by atoms with Crippen LogP contribution in [-0.4, -0.2) is 35.2 Å². The predicted octanol–water partition coefficient (Wildman–Crippen LogP) is 1.44. The van der Waals surface area contributed by atoms with E-state index in [-0.39, 0.29) is 17.7 Å². The van der Waals surface area contributed by atoms with Gasteiger partial charge in [0.15, 0.2) is 5.69 Å². The van der Waals surface area contributed by atoms with Crippen molar-refractivity contribution in [2.24, 2.45) is 0 Å². The molecule has 0 fully saturated rings. The molecule has 0 spiro atoms. The average Bonchev–Trinajstić information content (AvgIpc) is 2.68. The highest BCUT2D eigenvalue weighted by Crippen LogP contribution is 2.13. The Hall–Kier alpha value is -3.48. The summed E-state index contributed by atoms with van der Waals surface area (Å²) in [4.78, 5) is 36.6. The molecular formula is C19H17N3O4. The van der Waals surface area contributed by atoms with Gasteiger partial charge in [-0.3, -0.25) is 9.59 Å². The first-order valence-electron chi connectivity index (χ1n) is 8.00. The number of H-pyrrole nitrogens is 1. The first-order valence-corrected chi connectivity index (χ1v) is 8.00. The van der Waals surface area contributed by atoms with Gasteiger partial charge in [0.1, 0.15) is 6.04 Å². The average molecular weight is 351 g/mol. The molecule has 0 saturated heterocycles. The molecule has 0 radical (unpaired) electrons. The number of amides is 1. The number of nitrogens with one attached hydrogen (secondary N) is 2. The maximum absolute atomic E-state index is 12.7. The van der Waals surface area contributed by atoms with Crippen LogP contribution in [0.15, 0.2) is 59.4 Å². The highest BCUT2D eigenvalue weighted by Gasteiger charge is 2.24. The zero-order valence-electron chi connectivity index (χ0n) is 14.1. The number of esters is 1. The van der Waals surface area contributed by atoms with E-state index in [2.05, 4.69) is 15.5 Å². The lowest BCUT2D eigenvalue weighted by Gasteiger charge is -2.16. The molecule has 1 amide bonds. The number of aromatic nitrogens is 2. The van der Waals surface area contributed by atoms with Crippen LogP contribution < -0.4 is 10.9 Å². The minimum Gasteiger partial charge on any atom is -0.467 e. The van der Waals surface area contributed by atoms with Crippen LogP contribution in [0.3, 0.4) is 0 Å². The number of carbonyl (C=O) groups is 2. The molecule has 0 bridgehead atoms. The molecule has 7 nitrogen and oxygen atoms in total. The lowest BCUT2D eigenvalue weighted by atomic mass is 10.1. The first kappa shape index (κ1) is 17.3. The number of hydrogen-bond donors (Lipinski definition) is 2. The number of fused-ring (bicyclic) bond motifs is 1. The van der Waals surface area contributed by atoms with Gasteiger partial charge in [-0.25, -0.2) is 9.89 Å². The van der Waals surface area contributed by atoms with E-state index < -0.39 is 17.9 Å². The van der Waals surface area contributed by atoms with Gasteiger partial charge >= 0.3 is 5.97 Å². The summed E-state index contributed by atoms with van der Waals surface area (Å²) in [7, 11) is 1.26. The normalized spacial score (nSPS) is 11.7. The van der Waals surface area contributed by atoms with E-state index in [4.69, 9.17) is 4.74 Å². The minimum absolute atomic E-state index is 0.0437. The Labute approximate surface area is 149 Å². The van der Waals surface area contributed by atoms with Gasteiger partial charge in [-0.05, 0) is 11.6 Å². The van der Waals surface area contributed by atoms with Gasteiger partial charge in [-0.15, -0.1) is 0 Å². The Bertz CT molecular complexity index is 998. The van der Waals surface area contributed by atoms with Crippen LogP contribution in [0.5, 0.6) is 0 Å². The molecule has 2 N–H and O–H groups in total. The third-order valence-electron chi connectivity index (χ3n) is 3.98. The maximum Gasteiger partial charge on any atom is 0.328 e. The number of rotatable bonds is 5. The molecule has 132 valence electrons. The molecule has 1 heterocycles. The van der Waals surface area contributed by atoms with Crippen LogP contribution in [0.1, 0.15) is 16.1 Å². The summed E-state index contributed by atoms with van der Waals surface area (Å²) in [5, 5.41) is 9.57. The van der Waals surface area contributed by atoms with Crippen LogP contribution in [-0.2, 0) is 16.0 Å². The smallest absolute Gasteiger partial charge is 0.328 e. The van der Waals surface area contributed by atoms with Crippen molar-refractivity contribution in [3.05, 3.63) is 76.2 Å². The first-order chi connectivity index (χ1) is 12.6. The minimum atomic E-state index is -0.873. The van der Waals surface area contributed by atoms with Crippen LogP contribution in [0.25, 0.3) is 10.8 Å². The predicted molar refractivity (Wildman–Crippen MR) is 95.8 cm³/mol. The summed E-state index contributed by atoms with van der Waals surface area (Å²) >= 11 is 0. The Morgan fingerprint density at radius 3 is 2.42 bits per heavy atom. The van der Waals surface area contributed by atoms with Crippen molar-refractivity contribution in [3.8, 4) is 0 Å². The van der Waals surface area contributed by atoms with Gasteiger partial charge in [0, 0.05) is 11.8 Å². The van der Waals surface area contributed by atoms with E-state index >= 15 is 0 Å². The quantitative estimate of drug-likeness (QED) is 0.677. The molecule has 3 aromatic rings. The molecule has 7 heteroatoms. The van der Waals surface area contributed by atoms with Crippen molar-refractivity contribution in [2.45, 2.75) is 12.5 Å². The molecule has 0 aliphatic carbocycles. The van der Waals surface area contributed by atoms with Gasteiger partial charge < -0.3 is 10.1 Å². The topological polar surface area (TPSA) is 101 Å². The summed E-state index contributed by atoms with van der Waals surface area (Å²) < 4.78 is 4.80. The van der Waals surface area contributed by atoms with Gasteiger partial charge in [-0.1, -0.05) is 48.5 Å². The number of hydrogen-bond acceptors (Lipinski definition) is 5. The zero-order valence-corrected chi connectivity index (χ0v) is 14.1. The number of ether oxygens (including phenoxy) is 1. The molecule has 1 aromatic heterocycles. The summed E-state index contributed by atoms with van der Waals surface area (Å²) in [6.07, 6.45) is 0.278. The summed E-state index contributed by atoms with van der Waals surface area (Å²) in [5.74, 6) is -1.13. The van der Waals surface area contributed by atoms with Gasteiger partial charge in [0.05, 0.1) is 12.5 Å². The Morgan fingerprint density at radius 2 is 1.73 bits per heavy atom. The van der Waals surface area contributed by atoms with Crippen LogP contribution in [0.2, 0.25) is 0 Å². The van der Waals surface area contributed by atoms with Crippen molar-refractivity contribution in [1.29, 1.82) is 0 Å². The van der Waals surface area contributed by atoms with Crippen LogP contribution in [0.4, 0.5) is 0 Å². The van der Waals surface area contributed by atoms with Crippen molar-refractivity contribution >= 4 is 22.6 Å². The molecule has 0 unspecified atom stereocenters. The number of aromatic amines is 1. The summed E-state index contributed by atoms with van der Waals surface area (Å²) in [5.41, 5.74) is 0.538. The Kier molecular flexibility index (Phi) is 5.07. The van der Waals surface area contributed by atoms with E-state index in [1.54, 1.807) is 24.3 Å². The molecule has 3 rings (SSSR count). The van der Waals surface area contributed by atoms with Crippen molar-refractivity contribution in [2.75, 3.05) is 7.11 Å². The number of benzene rings is 2. The third-order valence-corrected chi connectivity index (χ3v) is 3.98. The third kappa shape index (κ3) is 3.61. The van der Waals surface area contributed by atoms with Crippen molar-refractivity contribution in [1.82, 2.24) is 15.5 Å². The molecule has 1 atom stereocenters. The van der Waals surface area contributed by atoms with E-state index in [0.717, 1.165) is 5.56 Å². The zero-order chi connectivity index (χ0) is 18.5. The standard InChI is InChI=1S/C19H17N3O4/c1-26-19(25)15(11-12-7-3-2-4-8-12)20-18(24)16-13-9-5-6-10-14(13)17(23)22-21-16/h2-10,15H,11H2,1H3,(H,20,24)(H,22,23)/t15-/m1/s1. The van der Waals surface area contributed by atoms with Crippen LogP contribution in [0, 0.1) is 0 Å². The van der Waals surface area contributed by atoms with E-state index in [1.807, 2.05) is 30.3 Å². The molecule has 26 heavy (non-hydrogen) atoms. The second-order valence-electron chi connectivity index (χ2n) is 5.69. The lowest BCUT2D eigenvalue weighted by molar-refractivity contribution is -0.142. The molecule has 2 aromatic carbocycles. The molecular weight excluding hydrogens is 334 g/mol. The number of carbonyl (C=O) groups excluding carboxylic acids is 2. The maximum atomic E-state index is 12.7. The molecule has 0 saturated carbocycles.